The molecule has 102 valence electrons. The van der Waals surface area contributed by atoms with Gasteiger partial charge in [-0.3, -0.25) is 4.90 Å². The van der Waals surface area contributed by atoms with Crippen molar-refractivity contribution in [3.8, 4) is 0 Å². The van der Waals surface area contributed by atoms with E-state index in [2.05, 4.69) is 50.6 Å². The summed E-state index contributed by atoms with van der Waals surface area (Å²) in [4.78, 5) is 2.50. The summed E-state index contributed by atoms with van der Waals surface area (Å²) in [5, 5.41) is 0. The van der Waals surface area contributed by atoms with Crippen LogP contribution in [-0.4, -0.2) is 24.0 Å². The molecular formula is C13H20Br2N2O. The number of hydrogen-bond acceptors (Lipinski definition) is 3. The second kappa shape index (κ2) is 6.07. The van der Waals surface area contributed by atoms with E-state index >= 15 is 0 Å². The Morgan fingerprint density at radius 1 is 1.50 bits per heavy atom. The molecular weight excluding hydrogens is 360 g/mol. The van der Waals surface area contributed by atoms with Crippen molar-refractivity contribution in [2.75, 3.05) is 13.1 Å². The Morgan fingerprint density at radius 2 is 2.22 bits per heavy atom. The van der Waals surface area contributed by atoms with Gasteiger partial charge in [-0.25, -0.2) is 0 Å². The highest BCUT2D eigenvalue weighted by molar-refractivity contribution is 9.13. The van der Waals surface area contributed by atoms with Crippen LogP contribution in [0, 0.1) is 5.92 Å². The van der Waals surface area contributed by atoms with Crippen molar-refractivity contribution in [1.29, 1.82) is 0 Å². The first-order valence-electron chi connectivity index (χ1n) is 6.45. The van der Waals surface area contributed by atoms with Crippen LogP contribution in [0.2, 0.25) is 0 Å². The monoisotopic (exact) mass is 378 g/mol. The van der Waals surface area contributed by atoms with Crippen LogP contribution < -0.4 is 5.73 Å². The molecule has 2 N–H and O–H groups in total. The van der Waals surface area contributed by atoms with Gasteiger partial charge < -0.3 is 10.2 Å². The van der Waals surface area contributed by atoms with Gasteiger partial charge in [-0.2, -0.15) is 0 Å². The van der Waals surface area contributed by atoms with Crippen LogP contribution in [-0.2, 0) is 0 Å². The molecule has 3 nitrogen and oxygen atoms in total. The molecule has 1 aromatic rings. The molecule has 2 rings (SSSR count). The van der Waals surface area contributed by atoms with Crippen molar-refractivity contribution in [1.82, 2.24) is 4.90 Å². The fraction of sp³-hybridized carbons (Fsp3) is 0.692. The average Bonchev–Trinajstić information content (AvgIpc) is 2.89. The van der Waals surface area contributed by atoms with E-state index in [1.807, 2.05) is 6.07 Å². The summed E-state index contributed by atoms with van der Waals surface area (Å²) in [5.74, 6) is 1.60. The van der Waals surface area contributed by atoms with Crippen LogP contribution in [0.5, 0.6) is 0 Å². The minimum Gasteiger partial charge on any atom is -0.451 e. The molecule has 5 heteroatoms. The zero-order valence-electron chi connectivity index (χ0n) is 10.8. The van der Waals surface area contributed by atoms with E-state index < -0.39 is 0 Å². The Bertz CT molecular complexity index is 386. The Balaban J connectivity index is 2.22. The topological polar surface area (TPSA) is 42.4 Å². The Hall–Kier alpha value is 0.160. The fourth-order valence-electron chi connectivity index (χ4n) is 2.86. The average molecular weight is 380 g/mol. The number of furan rings is 1. The van der Waals surface area contributed by atoms with E-state index in [1.54, 1.807) is 0 Å². The molecule has 0 bridgehead atoms. The third-order valence-electron chi connectivity index (χ3n) is 3.73. The lowest BCUT2D eigenvalue weighted by Gasteiger charge is -2.33. The molecule has 2 atom stereocenters. The van der Waals surface area contributed by atoms with Crippen LogP contribution in [0.15, 0.2) is 19.6 Å². The number of rotatable bonds is 4. The predicted molar refractivity (Wildman–Crippen MR) is 80.5 cm³/mol. The first kappa shape index (κ1) is 14.6. The first-order chi connectivity index (χ1) is 8.54. The lowest BCUT2D eigenvalue weighted by atomic mass is 10.0. The maximum Gasteiger partial charge on any atom is 0.183 e. The third kappa shape index (κ3) is 2.84. The van der Waals surface area contributed by atoms with Crippen molar-refractivity contribution in [3.63, 3.8) is 0 Å². The summed E-state index contributed by atoms with van der Waals surface area (Å²) in [5.41, 5.74) is 5.97. The summed E-state index contributed by atoms with van der Waals surface area (Å²) < 4.78 is 7.46. The van der Waals surface area contributed by atoms with Crippen molar-refractivity contribution >= 4 is 31.9 Å². The van der Waals surface area contributed by atoms with Crippen LogP contribution >= 0.6 is 31.9 Å². The molecule has 0 aliphatic carbocycles. The summed E-state index contributed by atoms with van der Waals surface area (Å²) >= 11 is 6.86. The number of nitrogens with zero attached hydrogens (tertiary/aromatic N) is 1. The van der Waals surface area contributed by atoms with Crippen LogP contribution in [0.4, 0.5) is 0 Å². The van der Waals surface area contributed by atoms with Gasteiger partial charge in [0.25, 0.3) is 0 Å². The smallest absolute Gasteiger partial charge is 0.183 e. The molecule has 0 amide bonds. The second-order valence-electron chi connectivity index (χ2n) is 5.21. The maximum atomic E-state index is 5.97. The Morgan fingerprint density at radius 3 is 2.72 bits per heavy atom. The van der Waals surface area contributed by atoms with Crippen LogP contribution in [0.25, 0.3) is 0 Å². The second-order valence-corrected chi connectivity index (χ2v) is 6.79. The highest BCUT2D eigenvalue weighted by Gasteiger charge is 2.34. The van der Waals surface area contributed by atoms with E-state index in [4.69, 9.17) is 10.2 Å². The zero-order valence-corrected chi connectivity index (χ0v) is 14.0. The molecule has 0 aromatic carbocycles. The van der Waals surface area contributed by atoms with Gasteiger partial charge in [0.1, 0.15) is 5.76 Å². The number of halogens is 2. The van der Waals surface area contributed by atoms with Gasteiger partial charge in [0, 0.05) is 12.6 Å². The molecule has 0 saturated carbocycles. The summed E-state index contributed by atoms with van der Waals surface area (Å²) in [6.07, 6.45) is 2.51. The highest BCUT2D eigenvalue weighted by atomic mass is 79.9. The summed E-state index contributed by atoms with van der Waals surface area (Å²) in [6, 6.07) is 2.82. The van der Waals surface area contributed by atoms with E-state index in [1.165, 1.54) is 12.8 Å². The van der Waals surface area contributed by atoms with Crippen molar-refractivity contribution in [2.45, 2.75) is 38.8 Å². The molecule has 0 spiro atoms. The molecule has 1 aromatic heterocycles. The molecule has 0 radical (unpaired) electrons. The summed E-state index contributed by atoms with van der Waals surface area (Å²) in [7, 11) is 0. The molecule has 1 aliphatic heterocycles. The van der Waals surface area contributed by atoms with Gasteiger partial charge in [-0.15, -0.1) is 0 Å². The van der Waals surface area contributed by atoms with Gasteiger partial charge >= 0.3 is 0 Å². The number of likely N-dealkylation sites (tertiary alicyclic amines) is 1. The van der Waals surface area contributed by atoms with Crippen LogP contribution in [0.1, 0.15) is 38.5 Å². The molecule has 2 unspecified atom stereocenters. The number of nitrogens with two attached hydrogens (primary N) is 1. The van der Waals surface area contributed by atoms with Crippen molar-refractivity contribution in [2.24, 2.45) is 11.7 Å². The van der Waals surface area contributed by atoms with Crippen LogP contribution in [0.3, 0.4) is 0 Å². The van der Waals surface area contributed by atoms with Gasteiger partial charge in [-0.05, 0) is 63.2 Å². The SMILES string of the molecule is CC(C)C1CCCN1C(CN)c1cc(Br)c(Br)o1. The lowest BCUT2D eigenvalue weighted by Crippen LogP contribution is -2.39. The van der Waals surface area contributed by atoms with Gasteiger partial charge in [0.2, 0.25) is 0 Å². The van der Waals surface area contributed by atoms with Gasteiger partial charge in [0.05, 0.1) is 10.5 Å². The van der Waals surface area contributed by atoms with Crippen molar-refractivity contribution in [3.05, 3.63) is 21.0 Å². The molecule has 1 fully saturated rings. The minimum absolute atomic E-state index is 0.183. The normalized spacial score (nSPS) is 22.9. The predicted octanol–water partition coefficient (Wildman–Crippen LogP) is 3.92. The maximum absolute atomic E-state index is 5.97. The van der Waals surface area contributed by atoms with Crippen molar-refractivity contribution < 1.29 is 4.42 Å². The molecule has 1 saturated heterocycles. The summed E-state index contributed by atoms with van der Waals surface area (Å²) in [6.45, 7) is 6.27. The third-order valence-corrected chi connectivity index (χ3v) is 5.44. The zero-order chi connectivity index (χ0) is 13.3. The first-order valence-corrected chi connectivity index (χ1v) is 8.03. The fourth-order valence-corrected chi connectivity index (χ4v) is 3.47. The largest absolute Gasteiger partial charge is 0.451 e. The van der Waals surface area contributed by atoms with E-state index in [0.29, 0.717) is 18.5 Å². The quantitative estimate of drug-likeness (QED) is 0.861. The Kier molecular flexibility index (Phi) is 4.92. The van der Waals surface area contributed by atoms with E-state index in [0.717, 1.165) is 21.4 Å². The standard InChI is InChI=1S/C13H20Br2N2O/c1-8(2)10-4-3-5-17(10)11(7-16)12-6-9(14)13(15)18-12/h6,8,10-11H,3-5,7,16H2,1-2H3. The molecule has 2 heterocycles. The highest BCUT2D eigenvalue weighted by Crippen LogP contribution is 2.36. The minimum atomic E-state index is 0.183. The van der Waals surface area contributed by atoms with Gasteiger partial charge in [-0.1, -0.05) is 13.8 Å². The van der Waals surface area contributed by atoms with Gasteiger partial charge in [0.15, 0.2) is 4.67 Å². The number of hydrogen-bond donors (Lipinski definition) is 1. The van der Waals surface area contributed by atoms with E-state index in [9.17, 15) is 0 Å². The molecule has 1 aliphatic rings. The van der Waals surface area contributed by atoms with E-state index in [-0.39, 0.29) is 6.04 Å². The molecule has 18 heavy (non-hydrogen) atoms. The Labute approximate surface area is 125 Å². The lowest BCUT2D eigenvalue weighted by molar-refractivity contribution is 0.133.